The molecule has 21 heavy (non-hydrogen) atoms. The van der Waals surface area contributed by atoms with Crippen LogP contribution in [0, 0.1) is 12.8 Å². The molecule has 0 aliphatic heterocycles. The molecule has 1 aliphatic carbocycles. The van der Waals surface area contributed by atoms with Crippen molar-refractivity contribution in [3.05, 3.63) is 59.2 Å². The number of carbonyl (C=O) groups is 1. The highest BCUT2D eigenvalue weighted by Gasteiger charge is 2.49. The van der Waals surface area contributed by atoms with Crippen LogP contribution in [0.3, 0.4) is 0 Å². The highest BCUT2D eigenvalue weighted by atomic mass is 19.4. The van der Waals surface area contributed by atoms with Gasteiger partial charge >= 0.3 is 6.18 Å². The van der Waals surface area contributed by atoms with Crippen LogP contribution >= 0.6 is 0 Å². The Hall–Kier alpha value is -2.10. The zero-order valence-electron chi connectivity index (χ0n) is 11.4. The second-order valence-corrected chi connectivity index (χ2v) is 5.36. The van der Waals surface area contributed by atoms with Crippen LogP contribution in [0.4, 0.5) is 13.2 Å². The van der Waals surface area contributed by atoms with Gasteiger partial charge in [0, 0.05) is 5.56 Å². The van der Waals surface area contributed by atoms with Crippen LogP contribution in [0.2, 0.25) is 0 Å². The molecule has 0 fully saturated rings. The lowest BCUT2D eigenvalue weighted by Crippen LogP contribution is -2.27. The molecule has 1 unspecified atom stereocenters. The molecule has 1 aliphatic rings. The molecule has 108 valence electrons. The van der Waals surface area contributed by atoms with Gasteiger partial charge in [0.15, 0.2) is 5.78 Å². The van der Waals surface area contributed by atoms with Crippen molar-refractivity contribution in [1.82, 2.24) is 0 Å². The summed E-state index contributed by atoms with van der Waals surface area (Å²) >= 11 is 0. The molecule has 2 aromatic carbocycles. The van der Waals surface area contributed by atoms with Gasteiger partial charge < -0.3 is 0 Å². The normalized spacial score (nSPS) is 17.9. The van der Waals surface area contributed by atoms with Gasteiger partial charge in [0.25, 0.3) is 0 Å². The quantitative estimate of drug-likeness (QED) is 0.751. The first kappa shape index (κ1) is 13.9. The summed E-state index contributed by atoms with van der Waals surface area (Å²) in [6.07, 6.45) is -4.75. The van der Waals surface area contributed by atoms with Crippen molar-refractivity contribution in [3.63, 3.8) is 0 Å². The summed E-state index contributed by atoms with van der Waals surface area (Å²) in [5.74, 6) is -2.72. The maximum atomic E-state index is 12.9. The first-order valence-corrected chi connectivity index (χ1v) is 6.68. The second-order valence-electron chi connectivity index (χ2n) is 5.36. The van der Waals surface area contributed by atoms with Crippen molar-refractivity contribution in [2.24, 2.45) is 5.92 Å². The maximum Gasteiger partial charge on any atom is 0.399 e. The maximum absolute atomic E-state index is 12.9. The third-order valence-electron chi connectivity index (χ3n) is 3.92. The number of hydrogen-bond acceptors (Lipinski definition) is 1. The fraction of sp³-hybridized carbons (Fsp3) is 0.235. The lowest BCUT2D eigenvalue weighted by molar-refractivity contribution is -0.158. The zero-order chi connectivity index (χ0) is 15.2. The fourth-order valence-corrected chi connectivity index (χ4v) is 2.79. The van der Waals surface area contributed by atoms with Crippen LogP contribution in [0.25, 0.3) is 11.1 Å². The first-order valence-electron chi connectivity index (χ1n) is 6.68. The van der Waals surface area contributed by atoms with Crippen LogP contribution in [0.15, 0.2) is 42.5 Å². The van der Waals surface area contributed by atoms with Crippen LogP contribution in [0.5, 0.6) is 0 Å². The Morgan fingerprint density at radius 3 is 2.24 bits per heavy atom. The number of rotatable bonds is 1. The van der Waals surface area contributed by atoms with Gasteiger partial charge in [-0.05, 0) is 30.0 Å². The minimum Gasteiger partial charge on any atom is -0.293 e. The summed E-state index contributed by atoms with van der Waals surface area (Å²) in [6.45, 7) is 1.95. The molecule has 0 N–H and O–H groups in total. The smallest absolute Gasteiger partial charge is 0.293 e. The Morgan fingerprint density at radius 1 is 1.00 bits per heavy atom. The molecule has 1 atom stereocenters. The zero-order valence-corrected chi connectivity index (χ0v) is 11.4. The Morgan fingerprint density at radius 2 is 1.62 bits per heavy atom. The van der Waals surface area contributed by atoms with Crippen molar-refractivity contribution in [1.29, 1.82) is 0 Å². The third-order valence-corrected chi connectivity index (χ3v) is 3.92. The van der Waals surface area contributed by atoms with Gasteiger partial charge in [-0.1, -0.05) is 48.0 Å². The number of Topliss-reactive ketones (excluding diaryl/α,β-unsaturated/α-hetero) is 1. The van der Waals surface area contributed by atoms with E-state index in [1.54, 1.807) is 12.1 Å². The topological polar surface area (TPSA) is 17.1 Å². The van der Waals surface area contributed by atoms with Gasteiger partial charge in [-0.15, -0.1) is 0 Å². The number of fused-ring (bicyclic) bond motifs is 1. The van der Waals surface area contributed by atoms with Gasteiger partial charge in [-0.25, -0.2) is 0 Å². The number of hydrogen-bond donors (Lipinski definition) is 0. The van der Waals surface area contributed by atoms with Gasteiger partial charge in [-0.3, -0.25) is 4.79 Å². The number of benzene rings is 2. The molecule has 0 saturated carbocycles. The molecule has 0 saturated heterocycles. The Bertz CT molecular complexity index is 699. The Balaban J connectivity index is 2.09. The molecule has 0 heterocycles. The van der Waals surface area contributed by atoms with E-state index < -0.39 is 17.9 Å². The minimum atomic E-state index is -4.49. The molecular weight excluding hydrogens is 277 g/mol. The fourth-order valence-electron chi connectivity index (χ4n) is 2.79. The summed E-state index contributed by atoms with van der Waals surface area (Å²) in [5, 5.41) is 0. The van der Waals surface area contributed by atoms with Crippen LogP contribution in [0.1, 0.15) is 21.5 Å². The van der Waals surface area contributed by atoms with E-state index in [0.29, 0.717) is 11.1 Å². The molecule has 0 aromatic heterocycles. The van der Waals surface area contributed by atoms with E-state index in [0.717, 1.165) is 11.1 Å². The van der Waals surface area contributed by atoms with Gasteiger partial charge in [-0.2, -0.15) is 13.2 Å². The summed E-state index contributed by atoms with van der Waals surface area (Å²) in [7, 11) is 0. The summed E-state index contributed by atoms with van der Waals surface area (Å²) in [6, 6.07) is 12.5. The molecule has 0 bridgehead atoms. The standard InChI is InChI=1S/C17H13F3O/c1-10-5-7-11(8-6-10)12-3-2-4-13-14(12)9-15(16(13)21)17(18,19)20/h2-8,15H,9H2,1H3. The van der Waals surface area contributed by atoms with Crippen molar-refractivity contribution in [2.45, 2.75) is 19.5 Å². The summed E-state index contributed by atoms with van der Waals surface area (Å²) < 4.78 is 38.8. The molecular formula is C17H13F3O. The van der Waals surface area contributed by atoms with Crippen molar-refractivity contribution >= 4 is 5.78 Å². The molecule has 4 heteroatoms. The van der Waals surface area contributed by atoms with Crippen LogP contribution < -0.4 is 0 Å². The van der Waals surface area contributed by atoms with E-state index in [1.807, 2.05) is 31.2 Å². The Labute approximate surface area is 120 Å². The molecule has 0 amide bonds. The molecule has 1 nitrogen and oxygen atoms in total. The van der Waals surface area contributed by atoms with Crippen LogP contribution in [-0.4, -0.2) is 12.0 Å². The average Bonchev–Trinajstić information content (AvgIpc) is 2.77. The lowest BCUT2D eigenvalue weighted by Gasteiger charge is -2.12. The number of alkyl halides is 3. The molecule has 2 aromatic rings. The second kappa shape index (κ2) is 4.72. The first-order chi connectivity index (χ1) is 9.88. The SMILES string of the molecule is Cc1ccc(-c2cccc3c2CC(C(F)(F)F)C3=O)cc1. The summed E-state index contributed by atoms with van der Waals surface area (Å²) in [5.41, 5.74) is 3.35. The van der Waals surface area contributed by atoms with Gasteiger partial charge in [0.2, 0.25) is 0 Å². The molecule has 0 spiro atoms. The predicted octanol–water partition coefficient (Wildman–Crippen LogP) is 4.58. The minimum absolute atomic E-state index is 0.204. The van der Waals surface area contributed by atoms with Crippen molar-refractivity contribution in [2.75, 3.05) is 0 Å². The van der Waals surface area contributed by atoms with E-state index in [-0.39, 0.29) is 12.0 Å². The van der Waals surface area contributed by atoms with E-state index in [1.165, 1.54) is 6.07 Å². The van der Waals surface area contributed by atoms with E-state index >= 15 is 0 Å². The van der Waals surface area contributed by atoms with Crippen molar-refractivity contribution in [3.8, 4) is 11.1 Å². The lowest BCUT2D eigenvalue weighted by atomic mass is 9.96. The number of ketones is 1. The van der Waals surface area contributed by atoms with Gasteiger partial charge in [0.1, 0.15) is 5.92 Å². The third kappa shape index (κ3) is 2.35. The predicted molar refractivity (Wildman–Crippen MR) is 74.2 cm³/mol. The number of aryl methyl sites for hydroxylation is 1. The van der Waals surface area contributed by atoms with Crippen molar-refractivity contribution < 1.29 is 18.0 Å². The monoisotopic (exact) mass is 290 g/mol. The van der Waals surface area contributed by atoms with Gasteiger partial charge in [0.05, 0.1) is 0 Å². The number of halogens is 3. The number of carbonyl (C=O) groups excluding carboxylic acids is 1. The largest absolute Gasteiger partial charge is 0.399 e. The average molecular weight is 290 g/mol. The van der Waals surface area contributed by atoms with E-state index in [4.69, 9.17) is 0 Å². The highest BCUT2D eigenvalue weighted by Crippen LogP contribution is 2.41. The molecule has 0 radical (unpaired) electrons. The van der Waals surface area contributed by atoms with E-state index in [2.05, 4.69) is 0 Å². The summed E-state index contributed by atoms with van der Waals surface area (Å²) in [4.78, 5) is 12.0. The highest BCUT2D eigenvalue weighted by molar-refractivity contribution is 6.04. The van der Waals surface area contributed by atoms with E-state index in [9.17, 15) is 18.0 Å². The Kier molecular flexibility index (Phi) is 3.12. The molecule has 3 rings (SSSR count). The van der Waals surface area contributed by atoms with Crippen LogP contribution in [-0.2, 0) is 6.42 Å².